The highest BCUT2D eigenvalue weighted by atomic mass is 35.5. The highest BCUT2D eigenvalue weighted by Gasteiger charge is 2.32. The predicted octanol–water partition coefficient (Wildman–Crippen LogP) is 3.74. The minimum atomic E-state index is -0.223. The number of imide groups is 1. The lowest BCUT2D eigenvalue weighted by Crippen LogP contribution is -2.35. The largest absolute Gasteiger partial charge is 0.379 e. The molecule has 34 heavy (non-hydrogen) atoms. The summed E-state index contributed by atoms with van der Waals surface area (Å²) in [4.78, 5) is 44.0. The highest BCUT2D eigenvalue weighted by Crippen LogP contribution is 2.39. The van der Waals surface area contributed by atoms with Crippen molar-refractivity contribution in [2.75, 3.05) is 37.4 Å². The molecule has 0 saturated carbocycles. The number of anilines is 1. The average molecular weight is 503 g/mol. The van der Waals surface area contributed by atoms with E-state index in [-0.39, 0.29) is 41.8 Å². The fourth-order valence-corrected chi connectivity index (χ4v) is 5.28. The topological polar surface area (TPSA) is 94.7 Å². The number of benzene rings is 1. The maximum atomic E-state index is 13.0. The van der Waals surface area contributed by atoms with Crippen LogP contribution in [0.25, 0.3) is 11.1 Å². The molecule has 0 aliphatic carbocycles. The van der Waals surface area contributed by atoms with Crippen molar-refractivity contribution in [3.05, 3.63) is 52.8 Å². The van der Waals surface area contributed by atoms with Crippen molar-refractivity contribution in [3.63, 3.8) is 0 Å². The number of nitrogens with zero attached hydrogens (tertiary/aromatic N) is 2. The lowest BCUT2D eigenvalue weighted by molar-refractivity contribution is -0.125. The third-order valence-corrected chi connectivity index (χ3v) is 7.10. The molecule has 0 unspecified atom stereocenters. The van der Waals surface area contributed by atoms with E-state index in [2.05, 4.69) is 21.3 Å². The second-order valence-corrected chi connectivity index (χ2v) is 9.31. The van der Waals surface area contributed by atoms with E-state index in [9.17, 15) is 14.4 Å². The fourth-order valence-electron chi connectivity index (χ4n) is 4.55. The van der Waals surface area contributed by atoms with Crippen LogP contribution in [0.5, 0.6) is 0 Å². The van der Waals surface area contributed by atoms with Crippen LogP contribution in [0.3, 0.4) is 0 Å². The molecular formula is C24H27ClN4O4S. The molecule has 2 saturated heterocycles. The number of aromatic amines is 1. The fraction of sp³-hybridized carbons (Fsp3) is 0.375. The van der Waals surface area contributed by atoms with Gasteiger partial charge in [-0.25, -0.2) is 0 Å². The van der Waals surface area contributed by atoms with Crippen LogP contribution in [0, 0.1) is 0 Å². The second-order valence-electron chi connectivity index (χ2n) is 8.39. The van der Waals surface area contributed by atoms with Crippen LogP contribution in [-0.2, 0) is 27.4 Å². The van der Waals surface area contributed by atoms with Gasteiger partial charge in [0, 0.05) is 42.8 Å². The lowest BCUT2D eigenvalue weighted by atomic mass is 9.95. The lowest BCUT2D eigenvalue weighted by Gasteiger charge is -2.26. The van der Waals surface area contributed by atoms with Crippen LogP contribution in [-0.4, -0.2) is 63.9 Å². The number of aromatic nitrogens is 1. The predicted molar refractivity (Wildman–Crippen MR) is 135 cm³/mol. The van der Waals surface area contributed by atoms with Crippen molar-refractivity contribution < 1.29 is 19.1 Å². The summed E-state index contributed by atoms with van der Waals surface area (Å²) in [5.74, 6) is -0.120. The Labute approximate surface area is 208 Å². The van der Waals surface area contributed by atoms with Crippen LogP contribution in [0.2, 0.25) is 0 Å². The number of amides is 3. The van der Waals surface area contributed by atoms with E-state index in [1.807, 2.05) is 31.3 Å². The Morgan fingerprint density at radius 2 is 1.88 bits per heavy atom. The Balaban J connectivity index is 0.00000274. The number of H-pyrrole nitrogens is 1. The molecule has 2 aromatic rings. The zero-order chi connectivity index (χ0) is 22.9. The number of carbonyl (C=O) groups excluding carboxylic acids is 3. The van der Waals surface area contributed by atoms with Gasteiger partial charge in [0.1, 0.15) is 0 Å². The number of ether oxygens (including phenoxy) is 1. The van der Waals surface area contributed by atoms with Crippen LogP contribution in [0.1, 0.15) is 35.7 Å². The molecule has 0 atom stereocenters. The zero-order valence-corrected chi connectivity index (χ0v) is 20.5. The number of morpholine rings is 1. The van der Waals surface area contributed by atoms with E-state index in [1.54, 1.807) is 0 Å². The molecule has 5 rings (SSSR count). The van der Waals surface area contributed by atoms with Crippen LogP contribution in [0.4, 0.5) is 10.5 Å². The van der Waals surface area contributed by atoms with E-state index in [1.165, 1.54) is 10.5 Å². The van der Waals surface area contributed by atoms with Gasteiger partial charge in [0.05, 0.1) is 31.1 Å². The molecule has 4 heterocycles. The van der Waals surface area contributed by atoms with Crippen LogP contribution in [0.15, 0.2) is 30.5 Å². The summed E-state index contributed by atoms with van der Waals surface area (Å²) in [6.45, 7) is 6.45. The molecule has 1 aromatic carbocycles. The molecular weight excluding hydrogens is 476 g/mol. The van der Waals surface area contributed by atoms with Gasteiger partial charge in [0.25, 0.3) is 11.1 Å². The number of rotatable bonds is 6. The molecule has 8 nitrogen and oxygen atoms in total. The van der Waals surface area contributed by atoms with Gasteiger partial charge in [-0.1, -0.05) is 24.8 Å². The van der Waals surface area contributed by atoms with E-state index < -0.39 is 0 Å². The molecule has 3 amide bonds. The number of halogens is 1. The van der Waals surface area contributed by atoms with Crippen LogP contribution >= 0.6 is 24.2 Å². The molecule has 1 aromatic heterocycles. The molecule has 3 aliphatic heterocycles. The van der Waals surface area contributed by atoms with Crippen molar-refractivity contribution in [2.45, 2.75) is 26.4 Å². The van der Waals surface area contributed by atoms with Crippen LogP contribution < -0.4 is 5.32 Å². The summed E-state index contributed by atoms with van der Waals surface area (Å²) in [5.41, 5.74) is 6.08. The molecule has 0 bridgehead atoms. The summed E-state index contributed by atoms with van der Waals surface area (Å²) in [6.07, 6.45) is 2.69. The average Bonchev–Trinajstić information content (AvgIpc) is 3.49. The highest BCUT2D eigenvalue weighted by molar-refractivity contribution is 8.14. The molecule has 2 N–H and O–H groups in total. The van der Waals surface area contributed by atoms with Crippen molar-refractivity contribution >= 4 is 58.1 Å². The molecule has 0 spiro atoms. The molecule has 0 radical (unpaired) electrons. The Bertz CT molecular complexity index is 1140. The van der Waals surface area contributed by atoms with Gasteiger partial charge in [-0.3, -0.25) is 24.2 Å². The quantitative estimate of drug-likeness (QED) is 0.584. The number of allylic oxidation sites excluding steroid dienone is 1. The standard InChI is InChI=1S/C24H26N4O4S.ClH/c1-2-17(20-10-16(11-25-20)12-27-5-7-32-8-6-27)22-18-9-15(3-4-19(18)26-23(22)30)13-28-21(29)14-33-24(28)31;/h3-4,9-11,25H,2,5-8,12-14H2,1H3,(H,26,30);1H/b22-17+;. The Hall–Kier alpha value is -2.59. The maximum absolute atomic E-state index is 13.0. The smallest absolute Gasteiger partial charge is 0.289 e. The third-order valence-electron chi connectivity index (χ3n) is 6.24. The summed E-state index contributed by atoms with van der Waals surface area (Å²) in [6, 6.07) is 7.74. The number of fused-ring (bicyclic) bond motifs is 1. The Morgan fingerprint density at radius 3 is 2.59 bits per heavy atom. The SMILES string of the molecule is CC/C(=C1\C(=O)Nc2ccc(CN3C(=O)CSC3=O)cc21)c1cc(CN2CCOCC2)c[nH]1.Cl. The van der Waals surface area contributed by atoms with E-state index in [4.69, 9.17) is 4.74 Å². The maximum Gasteiger partial charge on any atom is 0.289 e. The molecule has 3 aliphatic rings. The third kappa shape index (κ3) is 4.79. The van der Waals surface area contributed by atoms with Crippen molar-refractivity contribution in [1.82, 2.24) is 14.8 Å². The first-order valence-corrected chi connectivity index (χ1v) is 12.1. The van der Waals surface area contributed by atoms with Gasteiger partial charge in [0.2, 0.25) is 5.91 Å². The van der Waals surface area contributed by atoms with Crippen molar-refractivity contribution in [2.24, 2.45) is 0 Å². The van der Waals surface area contributed by atoms with E-state index >= 15 is 0 Å². The van der Waals surface area contributed by atoms with Crippen molar-refractivity contribution in [1.29, 1.82) is 0 Å². The van der Waals surface area contributed by atoms with Crippen molar-refractivity contribution in [3.8, 4) is 0 Å². The number of nitrogens with one attached hydrogen (secondary N) is 2. The number of hydrogen-bond donors (Lipinski definition) is 2. The van der Waals surface area contributed by atoms with Gasteiger partial charge < -0.3 is 15.0 Å². The Kier molecular flexibility index (Phi) is 7.47. The number of hydrogen-bond acceptors (Lipinski definition) is 6. The first-order valence-electron chi connectivity index (χ1n) is 11.2. The van der Waals surface area contributed by atoms with Gasteiger partial charge in [-0.2, -0.15) is 0 Å². The zero-order valence-electron chi connectivity index (χ0n) is 18.9. The number of thioether (sulfide) groups is 1. The van der Waals surface area contributed by atoms with E-state index in [0.29, 0.717) is 12.0 Å². The summed E-state index contributed by atoms with van der Waals surface area (Å²) in [7, 11) is 0. The normalized spacial score (nSPS) is 19.8. The monoisotopic (exact) mass is 502 g/mol. The van der Waals surface area contributed by atoms with Gasteiger partial charge in [0.15, 0.2) is 0 Å². The van der Waals surface area contributed by atoms with E-state index in [0.717, 1.165) is 72.7 Å². The second kappa shape index (κ2) is 10.4. The minimum absolute atomic E-state index is 0. The first-order chi connectivity index (χ1) is 16.0. The summed E-state index contributed by atoms with van der Waals surface area (Å²) < 4.78 is 5.43. The first kappa shape index (κ1) is 24.5. The summed E-state index contributed by atoms with van der Waals surface area (Å²) >= 11 is 1.03. The van der Waals surface area contributed by atoms with Gasteiger partial charge >= 0.3 is 0 Å². The van der Waals surface area contributed by atoms with Gasteiger partial charge in [-0.15, -0.1) is 12.4 Å². The Morgan fingerprint density at radius 1 is 1.09 bits per heavy atom. The van der Waals surface area contributed by atoms with Gasteiger partial charge in [-0.05, 0) is 41.3 Å². The molecule has 2 fully saturated rings. The molecule has 180 valence electrons. The molecule has 10 heteroatoms. The number of carbonyl (C=O) groups is 3. The minimum Gasteiger partial charge on any atom is -0.379 e. The summed E-state index contributed by atoms with van der Waals surface area (Å²) in [5, 5.41) is 2.74.